The highest BCUT2D eigenvalue weighted by molar-refractivity contribution is 7.91. The average Bonchev–Trinajstić information content (AvgIpc) is 2.97. The number of hydrogen-bond donors (Lipinski definition) is 3. The minimum atomic E-state index is -3.51. The van der Waals surface area contributed by atoms with Crippen molar-refractivity contribution in [3.8, 4) is 0 Å². The molecule has 0 saturated carbocycles. The number of rotatable bonds is 8. The quantitative estimate of drug-likeness (QED) is 0.599. The van der Waals surface area contributed by atoms with Crippen LogP contribution in [-0.2, 0) is 26.5 Å². The van der Waals surface area contributed by atoms with Gasteiger partial charge in [-0.2, -0.15) is 0 Å². The van der Waals surface area contributed by atoms with Crippen LogP contribution in [0.25, 0.3) is 0 Å². The van der Waals surface area contributed by atoms with Crippen LogP contribution >= 0.6 is 11.3 Å². The Bertz CT molecular complexity index is 707. The lowest BCUT2D eigenvalue weighted by Crippen LogP contribution is -2.45. The first-order valence-corrected chi connectivity index (χ1v) is 11.6. The molecule has 23 heavy (non-hydrogen) atoms. The molecule has 0 bridgehead atoms. The van der Waals surface area contributed by atoms with E-state index in [4.69, 9.17) is 0 Å². The van der Waals surface area contributed by atoms with E-state index in [9.17, 15) is 16.8 Å². The summed E-state index contributed by atoms with van der Waals surface area (Å²) in [5.74, 6) is 0.0381. The van der Waals surface area contributed by atoms with Crippen molar-refractivity contribution in [2.45, 2.75) is 36.4 Å². The molecule has 1 aliphatic rings. The van der Waals surface area contributed by atoms with E-state index in [1.807, 2.05) is 0 Å². The molecule has 2 heterocycles. The number of thiophene rings is 1. The van der Waals surface area contributed by atoms with E-state index in [0.29, 0.717) is 13.0 Å². The summed E-state index contributed by atoms with van der Waals surface area (Å²) in [7, 11) is -6.72. The molecular formula is C13H23N3O4S3. The maximum absolute atomic E-state index is 12.4. The predicted octanol–water partition coefficient (Wildman–Crippen LogP) is 0.260. The Morgan fingerprint density at radius 1 is 1.30 bits per heavy atom. The summed E-state index contributed by atoms with van der Waals surface area (Å²) in [4.78, 5) is 0.839. The number of piperidine rings is 1. The summed E-state index contributed by atoms with van der Waals surface area (Å²) in [5.41, 5.74) is 0. The second-order valence-electron chi connectivity index (χ2n) is 5.43. The largest absolute Gasteiger partial charge is 0.315 e. The molecule has 1 aliphatic heterocycles. The maximum atomic E-state index is 12.4. The molecule has 2 rings (SSSR count). The Kier molecular flexibility index (Phi) is 6.57. The first-order valence-electron chi connectivity index (χ1n) is 7.61. The molecule has 1 aromatic heterocycles. The standard InChI is InChI=1S/C13H23N3O4S3/c1-2-22(17,18)15-9-7-12-5-6-13(21-12)23(19,20)16-11-4-3-8-14-10-11/h5-6,11,14-16H,2-4,7-10H2,1H3. The lowest BCUT2D eigenvalue weighted by atomic mass is 10.1. The van der Waals surface area contributed by atoms with E-state index in [-0.39, 0.29) is 22.5 Å². The third kappa shape index (κ3) is 5.80. The van der Waals surface area contributed by atoms with Crippen molar-refractivity contribution in [3.63, 3.8) is 0 Å². The molecule has 3 N–H and O–H groups in total. The van der Waals surface area contributed by atoms with Gasteiger partial charge in [-0.3, -0.25) is 0 Å². The first-order chi connectivity index (χ1) is 10.8. The van der Waals surface area contributed by atoms with Crippen LogP contribution in [0, 0.1) is 0 Å². The van der Waals surface area contributed by atoms with Crippen molar-refractivity contribution < 1.29 is 16.8 Å². The van der Waals surface area contributed by atoms with E-state index in [2.05, 4.69) is 14.8 Å². The van der Waals surface area contributed by atoms with Gasteiger partial charge in [0, 0.05) is 24.0 Å². The molecule has 1 saturated heterocycles. The third-order valence-corrected chi connectivity index (χ3v) is 8.16. The van der Waals surface area contributed by atoms with E-state index >= 15 is 0 Å². The van der Waals surface area contributed by atoms with Crippen LogP contribution in [0.4, 0.5) is 0 Å². The zero-order valence-electron chi connectivity index (χ0n) is 13.0. The fraction of sp³-hybridized carbons (Fsp3) is 0.692. The monoisotopic (exact) mass is 381 g/mol. The highest BCUT2D eigenvalue weighted by atomic mass is 32.2. The smallest absolute Gasteiger partial charge is 0.250 e. The molecule has 1 unspecified atom stereocenters. The summed E-state index contributed by atoms with van der Waals surface area (Å²) in [6.07, 6.45) is 2.27. The summed E-state index contributed by atoms with van der Waals surface area (Å²) in [6, 6.07) is 3.24. The van der Waals surface area contributed by atoms with Gasteiger partial charge in [0.15, 0.2) is 0 Å². The number of nitrogens with one attached hydrogen (secondary N) is 3. The molecule has 132 valence electrons. The van der Waals surface area contributed by atoms with E-state index in [1.165, 1.54) is 11.3 Å². The summed E-state index contributed by atoms with van der Waals surface area (Å²) in [5, 5.41) is 3.17. The van der Waals surface area contributed by atoms with Gasteiger partial charge in [0.05, 0.1) is 5.75 Å². The second-order valence-corrected chi connectivity index (χ2v) is 10.6. The summed E-state index contributed by atoms with van der Waals surface area (Å²) < 4.78 is 52.9. The Hall–Kier alpha value is -0.520. The van der Waals surface area contributed by atoms with Gasteiger partial charge in [-0.05, 0) is 44.9 Å². The Labute approximate surface area is 142 Å². The van der Waals surface area contributed by atoms with Crippen LogP contribution in [0.2, 0.25) is 0 Å². The molecule has 1 fully saturated rings. The van der Waals surface area contributed by atoms with Gasteiger partial charge in [-0.25, -0.2) is 26.3 Å². The van der Waals surface area contributed by atoms with Crippen LogP contribution < -0.4 is 14.8 Å². The van der Waals surface area contributed by atoms with E-state index in [0.717, 1.165) is 24.3 Å². The van der Waals surface area contributed by atoms with E-state index in [1.54, 1.807) is 19.1 Å². The molecule has 10 heteroatoms. The van der Waals surface area contributed by atoms with Crippen molar-refractivity contribution in [1.29, 1.82) is 0 Å². The topological polar surface area (TPSA) is 104 Å². The molecule has 1 aromatic rings. The van der Waals surface area contributed by atoms with Gasteiger partial charge < -0.3 is 5.32 Å². The van der Waals surface area contributed by atoms with Gasteiger partial charge in [0.1, 0.15) is 4.21 Å². The highest BCUT2D eigenvalue weighted by Crippen LogP contribution is 2.22. The SMILES string of the molecule is CCS(=O)(=O)NCCc1ccc(S(=O)(=O)NC2CCCNC2)s1. The van der Waals surface area contributed by atoms with Gasteiger partial charge in [-0.15, -0.1) is 11.3 Å². The van der Waals surface area contributed by atoms with Crippen molar-refractivity contribution in [3.05, 3.63) is 17.0 Å². The fourth-order valence-electron chi connectivity index (χ4n) is 2.30. The van der Waals surface area contributed by atoms with Gasteiger partial charge in [0.2, 0.25) is 20.0 Å². The van der Waals surface area contributed by atoms with Crippen LogP contribution in [0.5, 0.6) is 0 Å². The minimum absolute atomic E-state index is 0.0381. The lowest BCUT2D eigenvalue weighted by molar-refractivity contribution is 0.429. The first kappa shape index (κ1) is 18.8. The van der Waals surface area contributed by atoms with Crippen molar-refractivity contribution >= 4 is 31.4 Å². The van der Waals surface area contributed by atoms with Gasteiger partial charge in [-0.1, -0.05) is 0 Å². The Morgan fingerprint density at radius 3 is 2.74 bits per heavy atom. The number of sulfonamides is 2. The average molecular weight is 382 g/mol. The molecule has 0 amide bonds. The maximum Gasteiger partial charge on any atom is 0.250 e. The molecule has 0 aromatic carbocycles. The normalized spacial score (nSPS) is 19.8. The third-order valence-electron chi connectivity index (χ3n) is 3.59. The lowest BCUT2D eigenvalue weighted by Gasteiger charge is -2.23. The van der Waals surface area contributed by atoms with Gasteiger partial charge >= 0.3 is 0 Å². The minimum Gasteiger partial charge on any atom is -0.315 e. The summed E-state index contributed by atoms with van der Waals surface area (Å²) in [6.45, 7) is 3.42. The molecule has 1 atom stereocenters. The Morgan fingerprint density at radius 2 is 2.09 bits per heavy atom. The van der Waals surface area contributed by atoms with Crippen LogP contribution in [0.15, 0.2) is 16.3 Å². The van der Waals surface area contributed by atoms with E-state index < -0.39 is 20.0 Å². The summed E-state index contributed by atoms with van der Waals surface area (Å²) >= 11 is 1.18. The van der Waals surface area contributed by atoms with Crippen LogP contribution in [-0.4, -0.2) is 48.3 Å². The fourth-order valence-corrected chi connectivity index (χ4v) is 5.56. The zero-order chi connectivity index (χ0) is 16.9. The van der Waals surface area contributed by atoms with Crippen molar-refractivity contribution in [2.24, 2.45) is 0 Å². The molecule has 0 aliphatic carbocycles. The molecule has 0 spiro atoms. The van der Waals surface area contributed by atoms with Crippen LogP contribution in [0.1, 0.15) is 24.6 Å². The predicted molar refractivity (Wildman–Crippen MR) is 91.7 cm³/mol. The molecule has 0 radical (unpaired) electrons. The molecule has 7 nitrogen and oxygen atoms in total. The van der Waals surface area contributed by atoms with Crippen LogP contribution in [0.3, 0.4) is 0 Å². The van der Waals surface area contributed by atoms with Gasteiger partial charge in [0.25, 0.3) is 0 Å². The Balaban J connectivity index is 1.92. The van der Waals surface area contributed by atoms with Crippen molar-refractivity contribution in [2.75, 3.05) is 25.4 Å². The zero-order valence-corrected chi connectivity index (χ0v) is 15.5. The second kappa shape index (κ2) is 8.04. The molecular weight excluding hydrogens is 358 g/mol. The van der Waals surface area contributed by atoms with Crippen molar-refractivity contribution in [1.82, 2.24) is 14.8 Å². The number of hydrogen-bond acceptors (Lipinski definition) is 6. The highest BCUT2D eigenvalue weighted by Gasteiger charge is 2.23.